The minimum Gasteiger partial charge on any atom is -0.332 e. The van der Waals surface area contributed by atoms with E-state index in [9.17, 15) is 17.2 Å². The summed E-state index contributed by atoms with van der Waals surface area (Å²) in [5, 5.41) is -0.208. The molecule has 98 valence electrons. The number of hydrogen-bond donors (Lipinski definition) is 1. The summed E-state index contributed by atoms with van der Waals surface area (Å²) in [6.45, 7) is 0.511. The van der Waals surface area contributed by atoms with Gasteiger partial charge < -0.3 is 4.98 Å². The molecule has 0 spiro atoms. The molecule has 1 aromatic rings. The van der Waals surface area contributed by atoms with Crippen LogP contribution in [0.3, 0.4) is 0 Å². The van der Waals surface area contributed by atoms with Crippen LogP contribution in [0.25, 0.3) is 0 Å². The quantitative estimate of drug-likeness (QED) is 0.800. The Kier molecular flexibility index (Phi) is 4.84. The highest BCUT2D eigenvalue weighted by molar-refractivity contribution is 7.89. The van der Waals surface area contributed by atoms with Gasteiger partial charge in [-0.15, -0.1) is 11.6 Å². The lowest BCUT2D eigenvalue weighted by Crippen LogP contribution is -2.36. The van der Waals surface area contributed by atoms with E-state index >= 15 is 0 Å². The SMILES string of the molecule is Cc1ncc(S(=O)(=O)N(CCCl)CC(F)F)[nH]1. The maximum Gasteiger partial charge on any atom is 0.260 e. The minimum absolute atomic E-state index is 0.0565. The number of aryl methyl sites for hydroxylation is 1. The van der Waals surface area contributed by atoms with Crippen LogP contribution in [-0.4, -0.2) is 48.1 Å². The number of aromatic amines is 1. The van der Waals surface area contributed by atoms with Crippen LogP contribution in [-0.2, 0) is 10.0 Å². The van der Waals surface area contributed by atoms with Crippen LogP contribution >= 0.6 is 11.6 Å². The van der Waals surface area contributed by atoms with E-state index in [2.05, 4.69) is 9.97 Å². The molecule has 0 fully saturated rings. The zero-order valence-corrected chi connectivity index (χ0v) is 10.6. The highest BCUT2D eigenvalue weighted by atomic mass is 35.5. The van der Waals surface area contributed by atoms with Crippen LogP contribution in [0.5, 0.6) is 0 Å². The second kappa shape index (κ2) is 5.74. The number of halogens is 3. The summed E-state index contributed by atoms with van der Waals surface area (Å²) in [5.74, 6) is 0.338. The summed E-state index contributed by atoms with van der Waals surface area (Å²) in [6, 6.07) is 0. The van der Waals surface area contributed by atoms with Crippen molar-refractivity contribution in [3.8, 4) is 0 Å². The molecule has 0 atom stereocenters. The molecule has 1 N–H and O–H groups in total. The van der Waals surface area contributed by atoms with Gasteiger partial charge in [-0.1, -0.05) is 0 Å². The molecule has 0 saturated heterocycles. The lowest BCUT2D eigenvalue weighted by molar-refractivity contribution is 0.121. The Bertz CT molecular complexity index is 463. The number of nitrogens with zero attached hydrogens (tertiary/aromatic N) is 2. The van der Waals surface area contributed by atoms with E-state index in [1.165, 1.54) is 0 Å². The molecule has 17 heavy (non-hydrogen) atoms. The van der Waals surface area contributed by atoms with E-state index in [1.54, 1.807) is 6.92 Å². The first kappa shape index (κ1) is 14.3. The third-order valence-electron chi connectivity index (χ3n) is 1.97. The van der Waals surface area contributed by atoms with Crippen molar-refractivity contribution >= 4 is 21.6 Å². The molecule has 0 radical (unpaired) electrons. The molecule has 1 rings (SSSR count). The van der Waals surface area contributed by atoms with Gasteiger partial charge in [-0.05, 0) is 6.92 Å². The van der Waals surface area contributed by atoms with Gasteiger partial charge in [-0.2, -0.15) is 4.31 Å². The molecule has 1 heterocycles. The third kappa shape index (κ3) is 3.62. The molecule has 0 aromatic carbocycles. The smallest absolute Gasteiger partial charge is 0.260 e. The number of aromatic nitrogens is 2. The van der Waals surface area contributed by atoms with Crippen molar-refractivity contribution in [1.29, 1.82) is 0 Å². The molecule has 0 aliphatic heterocycles. The second-order valence-electron chi connectivity index (χ2n) is 3.28. The van der Waals surface area contributed by atoms with E-state index in [1.807, 2.05) is 0 Å². The van der Waals surface area contributed by atoms with Crippen molar-refractivity contribution in [3.05, 3.63) is 12.0 Å². The molecule has 0 aliphatic rings. The summed E-state index contributed by atoms with van der Waals surface area (Å²) in [6.07, 6.45) is -1.66. The van der Waals surface area contributed by atoms with Crippen LogP contribution in [0.1, 0.15) is 5.82 Å². The van der Waals surface area contributed by atoms with Crippen LogP contribution in [0, 0.1) is 6.92 Å². The standard InChI is InChI=1S/C8H12ClF2N3O2S/c1-6-12-4-8(13-6)17(15,16)14(3-2-9)5-7(10)11/h4,7H,2-3,5H2,1H3,(H,12,13). The average Bonchev–Trinajstić information content (AvgIpc) is 2.64. The van der Waals surface area contributed by atoms with E-state index in [-0.39, 0.29) is 17.5 Å². The van der Waals surface area contributed by atoms with Crippen molar-refractivity contribution in [1.82, 2.24) is 14.3 Å². The van der Waals surface area contributed by atoms with Crippen molar-refractivity contribution < 1.29 is 17.2 Å². The van der Waals surface area contributed by atoms with Gasteiger partial charge in [0, 0.05) is 12.4 Å². The summed E-state index contributed by atoms with van der Waals surface area (Å²) in [4.78, 5) is 6.22. The van der Waals surface area contributed by atoms with Crippen LogP contribution in [0.4, 0.5) is 8.78 Å². The molecular formula is C8H12ClF2N3O2S. The Labute approximate surface area is 103 Å². The highest BCUT2D eigenvalue weighted by Crippen LogP contribution is 2.14. The predicted molar refractivity (Wildman–Crippen MR) is 58.8 cm³/mol. The van der Waals surface area contributed by atoms with Gasteiger partial charge in [0.15, 0.2) is 5.03 Å². The third-order valence-corrected chi connectivity index (χ3v) is 3.92. The molecule has 1 aromatic heterocycles. The van der Waals surface area contributed by atoms with Gasteiger partial charge in [-0.25, -0.2) is 22.2 Å². The normalized spacial score (nSPS) is 12.6. The lowest BCUT2D eigenvalue weighted by atomic mass is 10.6. The van der Waals surface area contributed by atoms with Crippen LogP contribution in [0.2, 0.25) is 0 Å². The maximum absolute atomic E-state index is 12.3. The fourth-order valence-corrected chi connectivity index (χ4v) is 2.91. The van der Waals surface area contributed by atoms with Gasteiger partial charge in [0.2, 0.25) is 0 Å². The molecule has 0 amide bonds. The predicted octanol–water partition coefficient (Wildman–Crippen LogP) is 1.21. The van der Waals surface area contributed by atoms with Crippen molar-refractivity contribution in [2.45, 2.75) is 18.4 Å². The van der Waals surface area contributed by atoms with Crippen molar-refractivity contribution in [2.24, 2.45) is 0 Å². The molecule has 0 unspecified atom stereocenters. The first-order valence-electron chi connectivity index (χ1n) is 4.73. The van der Waals surface area contributed by atoms with Crippen LogP contribution < -0.4 is 0 Å². The fourth-order valence-electron chi connectivity index (χ4n) is 1.23. The molecule has 9 heteroatoms. The topological polar surface area (TPSA) is 66.1 Å². The fraction of sp³-hybridized carbons (Fsp3) is 0.625. The first-order valence-corrected chi connectivity index (χ1v) is 6.71. The van der Waals surface area contributed by atoms with Gasteiger partial charge in [-0.3, -0.25) is 0 Å². The van der Waals surface area contributed by atoms with E-state index in [4.69, 9.17) is 11.6 Å². The number of nitrogens with one attached hydrogen (secondary N) is 1. The number of sulfonamides is 1. The van der Waals surface area contributed by atoms with Gasteiger partial charge >= 0.3 is 0 Å². The summed E-state index contributed by atoms with van der Waals surface area (Å²) in [7, 11) is -3.99. The largest absolute Gasteiger partial charge is 0.332 e. The average molecular weight is 288 g/mol. The van der Waals surface area contributed by atoms with E-state index in [0.717, 1.165) is 6.20 Å². The zero-order chi connectivity index (χ0) is 13.1. The number of imidazole rings is 1. The van der Waals surface area contributed by atoms with Gasteiger partial charge in [0.1, 0.15) is 5.82 Å². The zero-order valence-electron chi connectivity index (χ0n) is 9.03. The van der Waals surface area contributed by atoms with Crippen molar-refractivity contribution in [2.75, 3.05) is 19.0 Å². The Morgan fingerprint density at radius 1 is 1.59 bits per heavy atom. The monoisotopic (exact) mass is 287 g/mol. The van der Waals surface area contributed by atoms with Crippen LogP contribution in [0.15, 0.2) is 11.2 Å². The number of hydrogen-bond acceptors (Lipinski definition) is 3. The number of rotatable bonds is 6. The number of H-pyrrole nitrogens is 1. The Hall–Kier alpha value is -0.730. The molecule has 0 aliphatic carbocycles. The van der Waals surface area contributed by atoms with E-state index in [0.29, 0.717) is 10.1 Å². The highest BCUT2D eigenvalue weighted by Gasteiger charge is 2.28. The van der Waals surface area contributed by atoms with Gasteiger partial charge in [0.25, 0.3) is 16.4 Å². The summed E-state index contributed by atoms with van der Waals surface area (Å²) < 4.78 is 49.1. The molecule has 5 nitrogen and oxygen atoms in total. The second-order valence-corrected chi connectivity index (χ2v) is 5.56. The summed E-state index contributed by atoms with van der Waals surface area (Å²) >= 11 is 5.40. The van der Waals surface area contributed by atoms with E-state index < -0.39 is 23.0 Å². The lowest BCUT2D eigenvalue weighted by Gasteiger charge is -2.19. The van der Waals surface area contributed by atoms with Crippen molar-refractivity contribution in [3.63, 3.8) is 0 Å². The Morgan fingerprint density at radius 2 is 2.24 bits per heavy atom. The number of alkyl halides is 3. The first-order chi connectivity index (χ1) is 7.87. The Balaban J connectivity index is 2.99. The summed E-state index contributed by atoms with van der Waals surface area (Å²) in [5.41, 5.74) is 0. The molecule has 0 saturated carbocycles. The minimum atomic E-state index is -3.99. The Morgan fingerprint density at radius 3 is 2.65 bits per heavy atom. The molecular weight excluding hydrogens is 276 g/mol. The molecule has 0 bridgehead atoms. The maximum atomic E-state index is 12.3. The van der Waals surface area contributed by atoms with Gasteiger partial charge in [0.05, 0.1) is 12.7 Å².